The second kappa shape index (κ2) is 8.55. The van der Waals surface area contributed by atoms with Crippen molar-refractivity contribution in [3.05, 3.63) is 35.4 Å². The first-order valence-corrected chi connectivity index (χ1v) is 12.6. The van der Waals surface area contributed by atoms with Crippen molar-refractivity contribution in [3.8, 4) is 6.07 Å². The summed E-state index contributed by atoms with van der Waals surface area (Å²) in [6.45, 7) is 13.3. The Morgan fingerprint density at radius 3 is 2.52 bits per heavy atom. The molecule has 1 aliphatic rings. The molecule has 0 radical (unpaired) electrons. The molecule has 0 aromatic heterocycles. The molecular formula is C21H32N2O3Si. The van der Waals surface area contributed by atoms with Gasteiger partial charge in [-0.3, -0.25) is 9.69 Å². The minimum absolute atomic E-state index is 0.0866. The first-order valence-electron chi connectivity index (χ1n) is 9.66. The zero-order chi connectivity index (χ0) is 20.2. The predicted octanol–water partition coefficient (Wildman–Crippen LogP) is 4.42. The molecule has 1 N–H and O–H groups in total. The van der Waals surface area contributed by atoms with Gasteiger partial charge in [-0.05, 0) is 55.2 Å². The lowest BCUT2D eigenvalue weighted by Crippen LogP contribution is -2.46. The SMILES string of the molecule is CC(C)(C)[Si](C)(C)O[C@H](CN1CCCC(C(=O)O)C1)c1ccc(C#N)cc1. The highest BCUT2D eigenvalue weighted by atomic mass is 28.4. The van der Waals surface area contributed by atoms with Crippen molar-refractivity contribution >= 4 is 14.3 Å². The molecule has 1 saturated heterocycles. The summed E-state index contributed by atoms with van der Waals surface area (Å²) in [5, 5.41) is 18.5. The number of benzene rings is 1. The number of hydrogen-bond donors (Lipinski definition) is 1. The summed E-state index contributed by atoms with van der Waals surface area (Å²) in [5.74, 6) is -1.01. The maximum absolute atomic E-state index is 11.4. The highest BCUT2D eigenvalue weighted by Crippen LogP contribution is 2.40. The van der Waals surface area contributed by atoms with Crippen LogP contribution in [-0.2, 0) is 9.22 Å². The molecule has 27 heavy (non-hydrogen) atoms. The fraction of sp³-hybridized carbons (Fsp3) is 0.619. The Balaban J connectivity index is 2.23. The van der Waals surface area contributed by atoms with E-state index in [1.54, 1.807) is 0 Å². The zero-order valence-corrected chi connectivity index (χ0v) is 18.2. The molecule has 0 amide bonds. The van der Waals surface area contributed by atoms with Gasteiger partial charge in [0.1, 0.15) is 0 Å². The maximum atomic E-state index is 11.4. The lowest BCUT2D eigenvalue weighted by atomic mass is 9.97. The molecule has 2 rings (SSSR count). The summed E-state index contributed by atoms with van der Waals surface area (Å²) in [5.41, 5.74) is 1.69. The van der Waals surface area contributed by atoms with E-state index < -0.39 is 14.3 Å². The van der Waals surface area contributed by atoms with Crippen LogP contribution in [-0.4, -0.2) is 43.9 Å². The number of nitrogens with zero attached hydrogens (tertiary/aromatic N) is 2. The Bertz CT molecular complexity index is 689. The summed E-state index contributed by atoms with van der Waals surface area (Å²) < 4.78 is 6.73. The minimum Gasteiger partial charge on any atom is -0.481 e. The number of carboxylic acid groups (broad SMARTS) is 1. The van der Waals surface area contributed by atoms with Gasteiger partial charge in [0.25, 0.3) is 0 Å². The molecule has 0 aliphatic carbocycles. The summed E-state index contributed by atoms with van der Waals surface area (Å²) in [6, 6.07) is 9.75. The molecule has 1 heterocycles. The van der Waals surface area contributed by atoms with Crippen LogP contribution in [0, 0.1) is 17.2 Å². The minimum atomic E-state index is -2.00. The van der Waals surface area contributed by atoms with Crippen molar-refractivity contribution in [1.29, 1.82) is 5.26 Å². The normalized spacial score (nSPS) is 20.1. The van der Waals surface area contributed by atoms with Crippen molar-refractivity contribution in [2.75, 3.05) is 19.6 Å². The lowest BCUT2D eigenvalue weighted by molar-refractivity contribution is -0.143. The van der Waals surface area contributed by atoms with Gasteiger partial charge in [0.05, 0.1) is 23.7 Å². The van der Waals surface area contributed by atoms with Crippen LogP contribution in [0.4, 0.5) is 0 Å². The van der Waals surface area contributed by atoms with Gasteiger partial charge in [0.2, 0.25) is 0 Å². The quantitative estimate of drug-likeness (QED) is 0.730. The first-order chi connectivity index (χ1) is 12.5. The van der Waals surface area contributed by atoms with Gasteiger partial charge >= 0.3 is 5.97 Å². The molecule has 148 valence electrons. The number of likely N-dealkylation sites (tertiary alicyclic amines) is 1. The molecular weight excluding hydrogens is 356 g/mol. The van der Waals surface area contributed by atoms with Gasteiger partial charge in [0.15, 0.2) is 8.32 Å². The summed E-state index contributed by atoms with van der Waals surface area (Å²) in [6.07, 6.45) is 1.53. The van der Waals surface area contributed by atoms with Gasteiger partial charge in [-0.2, -0.15) is 5.26 Å². The largest absolute Gasteiger partial charge is 0.481 e. The molecule has 1 aromatic carbocycles. The van der Waals surface area contributed by atoms with Crippen LogP contribution in [0.1, 0.15) is 50.8 Å². The van der Waals surface area contributed by atoms with Gasteiger partial charge in [-0.25, -0.2) is 0 Å². The number of carbonyl (C=O) groups is 1. The van der Waals surface area contributed by atoms with Crippen LogP contribution < -0.4 is 0 Å². The number of carboxylic acids is 1. The summed E-state index contributed by atoms with van der Waals surface area (Å²) in [4.78, 5) is 13.6. The average molecular weight is 389 g/mol. The lowest BCUT2D eigenvalue weighted by Gasteiger charge is -2.41. The first kappa shape index (κ1) is 21.6. The van der Waals surface area contributed by atoms with Gasteiger partial charge < -0.3 is 9.53 Å². The smallest absolute Gasteiger partial charge is 0.307 e. The van der Waals surface area contributed by atoms with E-state index in [0.29, 0.717) is 18.7 Å². The number of rotatable bonds is 6. The second-order valence-corrected chi connectivity index (χ2v) is 13.8. The molecule has 5 nitrogen and oxygen atoms in total. The van der Waals surface area contributed by atoms with E-state index in [1.165, 1.54) is 0 Å². The maximum Gasteiger partial charge on any atom is 0.307 e. The third-order valence-electron chi connectivity index (χ3n) is 5.93. The van der Waals surface area contributed by atoms with Crippen LogP contribution in [0.15, 0.2) is 24.3 Å². The van der Waals surface area contributed by atoms with E-state index in [2.05, 4.69) is 44.8 Å². The van der Waals surface area contributed by atoms with E-state index in [0.717, 1.165) is 24.9 Å². The van der Waals surface area contributed by atoms with Crippen LogP contribution in [0.2, 0.25) is 18.1 Å². The number of piperidine rings is 1. The van der Waals surface area contributed by atoms with E-state index in [1.807, 2.05) is 24.3 Å². The van der Waals surface area contributed by atoms with E-state index in [4.69, 9.17) is 9.69 Å². The summed E-state index contributed by atoms with van der Waals surface area (Å²) in [7, 11) is -2.00. The second-order valence-electron chi connectivity index (χ2n) is 9.04. The van der Waals surface area contributed by atoms with E-state index in [-0.39, 0.29) is 17.1 Å². The summed E-state index contributed by atoms with van der Waals surface area (Å²) >= 11 is 0. The predicted molar refractivity (Wildman–Crippen MR) is 109 cm³/mol. The third-order valence-corrected chi connectivity index (χ3v) is 10.4. The van der Waals surface area contributed by atoms with Crippen LogP contribution in [0.3, 0.4) is 0 Å². The van der Waals surface area contributed by atoms with Crippen LogP contribution in [0.25, 0.3) is 0 Å². The molecule has 6 heteroatoms. The zero-order valence-electron chi connectivity index (χ0n) is 17.2. The van der Waals surface area contributed by atoms with E-state index in [9.17, 15) is 9.90 Å². The highest BCUT2D eigenvalue weighted by Gasteiger charge is 2.40. The molecule has 1 aromatic rings. The van der Waals surface area contributed by atoms with Crippen LogP contribution >= 0.6 is 0 Å². The van der Waals surface area contributed by atoms with Crippen molar-refractivity contribution in [1.82, 2.24) is 4.90 Å². The third kappa shape index (κ3) is 5.65. The Hall–Kier alpha value is -1.68. The Kier molecular flexibility index (Phi) is 6.85. The van der Waals surface area contributed by atoms with Gasteiger partial charge in [-0.1, -0.05) is 32.9 Å². The molecule has 0 spiro atoms. The molecule has 0 bridgehead atoms. The Morgan fingerprint density at radius 1 is 1.37 bits per heavy atom. The number of hydrogen-bond acceptors (Lipinski definition) is 4. The molecule has 1 aliphatic heterocycles. The molecule has 1 unspecified atom stereocenters. The van der Waals surface area contributed by atoms with Gasteiger partial charge in [-0.15, -0.1) is 0 Å². The fourth-order valence-electron chi connectivity index (χ4n) is 3.17. The van der Waals surface area contributed by atoms with Crippen molar-refractivity contribution in [2.24, 2.45) is 5.92 Å². The highest BCUT2D eigenvalue weighted by molar-refractivity contribution is 6.74. The Morgan fingerprint density at radius 2 is 2.00 bits per heavy atom. The average Bonchev–Trinajstić information content (AvgIpc) is 2.60. The van der Waals surface area contributed by atoms with Crippen molar-refractivity contribution < 1.29 is 14.3 Å². The molecule has 1 fully saturated rings. The van der Waals surface area contributed by atoms with Crippen molar-refractivity contribution in [3.63, 3.8) is 0 Å². The standard InChI is InChI=1S/C21H32N2O3Si/c1-21(2,3)27(4,5)26-19(17-10-8-16(13-22)9-11-17)15-23-12-6-7-18(14-23)20(24)25/h8-11,18-19H,6-7,12,14-15H2,1-5H3,(H,24,25)/t18?,19-/m1/s1. The Labute approximate surface area is 164 Å². The van der Waals surface area contributed by atoms with Gasteiger partial charge in [0, 0.05) is 13.1 Å². The number of nitriles is 1. The molecule has 0 saturated carbocycles. The number of aliphatic carboxylic acids is 1. The van der Waals surface area contributed by atoms with E-state index >= 15 is 0 Å². The monoisotopic (exact) mass is 388 g/mol. The fourth-order valence-corrected chi connectivity index (χ4v) is 4.45. The van der Waals surface area contributed by atoms with Crippen molar-refractivity contribution in [2.45, 2.75) is 57.8 Å². The van der Waals surface area contributed by atoms with Crippen LogP contribution in [0.5, 0.6) is 0 Å². The molecule has 2 atom stereocenters. The topological polar surface area (TPSA) is 73.6 Å².